The van der Waals surface area contributed by atoms with Gasteiger partial charge in [-0.1, -0.05) is 23.7 Å². The predicted molar refractivity (Wildman–Crippen MR) is 126 cm³/mol. The van der Waals surface area contributed by atoms with Crippen molar-refractivity contribution in [2.75, 3.05) is 6.54 Å². The van der Waals surface area contributed by atoms with E-state index in [0.29, 0.717) is 22.0 Å². The number of amides is 1. The number of hydrogen-bond acceptors (Lipinski definition) is 5. The Morgan fingerprint density at radius 3 is 2.29 bits per heavy atom. The van der Waals surface area contributed by atoms with Crippen molar-refractivity contribution in [1.29, 1.82) is 0 Å². The van der Waals surface area contributed by atoms with Gasteiger partial charge in [0, 0.05) is 34.8 Å². The second-order valence-corrected chi connectivity index (χ2v) is 7.82. The van der Waals surface area contributed by atoms with Crippen molar-refractivity contribution >= 4 is 17.5 Å². The second-order valence-electron chi connectivity index (χ2n) is 7.38. The van der Waals surface area contributed by atoms with E-state index in [1.54, 1.807) is 42.5 Å². The smallest absolute Gasteiger partial charge is 0.266 e. The van der Waals surface area contributed by atoms with Gasteiger partial charge < -0.3 is 5.32 Å². The summed E-state index contributed by atoms with van der Waals surface area (Å²) in [5, 5.41) is 7.51. The second kappa shape index (κ2) is 10.2. The summed E-state index contributed by atoms with van der Waals surface area (Å²) in [5.74, 6) is -0.778. The van der Waals surface area contributed by atoms with E-state index in [1.807, 2.05) is 0 Å². The summed E-state index contributed by atoms with van der Waals surface area (Å²) in [6.07, 6.45) is 1.31. The van der Waals surface area contributed by atoms with Crippen molar-refractivity contribution in [2.45, 2.75) is 13.1 Å². The zero-order valence-corrected chi connectivity index (χ0v) is 18.6. The maximum Gasteiger partial charge on any atom is 0.266 e. The molecule has 8 nitrogen and oxygen atoms in total. The zero-order chi connectivity index (χ0) is 24.1. The third kappa shape index (κ3) is 5.62. The lowest BCUT2D eigenvalue weighted by Crippen LogP contribution is -2.35. The third-order valence-corrected chi connectivity index (χ3v) is 5.24. The topological polar surface area (TPSA) is 98.9 Å². The molecule has 1 N–H and O–H groups in total. The fourth-order valence-corrected chi connectivity index (χ4v) is 3.34. The monoisotopic (exact) mass is 479 g/mol. The number of aromatic nitrogens is 4. The van der Waals surface area contributed by atoms with Crippen LogP contribution in [0.5, 0.6) is 0 Å². The molecular weight excluding hydrogens is 461 g/mol. The number of carbonyl (C=O) groups excluding carboxylic acids is 1. The molecule has 2 aromatic heterocycles. The molecule has 0 radical (unpaired) electrons. The Bertz CT molecular complexity index is 1430. The number of halogens is 2. The van der Waals surface area contributed by atoms with E-state index in [9.17, 15) is 18.8 Å². The Kier molecular flexibility index (Phi) is 6.93. The van der Waals surface area contributed by atoms with Gasteiger partial charge in [0.25, 0.3) is 11.1 Å². The molecule has 0 unspecified atom stereocenters. The predicted octanol–water partition coefficient (Wildman–Crippen LogP) is 2.74. The lowest BCUT2D eigenvalue weighted by Gasteiger charge is -2.10. The largest absolute Gasteiger partial charge is 0.353 e. The Labute approximate surface area is 198 Å². The highest BCUT2D eigenvalue weighted by atomic mass is 35.5. The first kappa shape index (κ1) is 23.1. The Morgan fingerprint density at radius 2 is 1.59 bits per heavy atom. The average molecular weight is 480 g/mol. The van der Waals surface area contributed by atoms with Crippen molar-refractivity contribution in [2.24, 2.45) is 0 Å². The first-order valence-electron chi connectivity index (χ1n) is 10.3. The third-order valence-electron chi connectivity index (χ3n) is 4.99. The molecule has 0 saturated heterocycles. The molecule has 0 aliphatic heterocycles. The average Bonchev–Trinajstić information content (AvgIpc) is 2.83. The molecule has 2 aromatic carbocycles. The molecule has 4 aromatic rings. The van der Waals surface area contributed by atoms with E-state index >= 15 is 0 Å². The minimum Gasteiger partial charge on any atom is -0.353 e. The van der Waals surface area contributed by atoms with Gasteiger partial charge in [-0.25, -0.2) is 14.1 Å². The van der Waals surface area contributed by atoms with Gasteiger partial charge in [0.05, 0.1) is 24.3 Å². The molecule has 0 fully saturated rings. The van der Waals surface area contributed by atoms with Crippen LogP contribution < -0.4 is 16.4 Å². The van der Waals surface area contributed by atoms with Crippen LogP contribution in [0.25, 0.3) is 22.5 Å². The van der Waals surface area contributed by atoms with E-state index in [-0.39, 0.29) is 36.6 Å². The number of nitrogens with one attached hydrogen (secondary N) is 1. The van der Waals surface area contributed by atoms with E-state index in [4.69, 9.17) is 11.6 Å². The molecule has 4 rings (SSSR count). The normalized spacial score (nSPS) is 10.8. The quantitative estimate of drug-likeness (QED) is 0.439. The highest BCUT2D eigenvalue weighted by Crippen LogP contribution is 2.18. The summed E-state index contributed by atoms with van der Waals surface area (Å²) >= 11 is 5.88. The van der Waals surface area contributed by atoms with Crippen molar-refractivity contribution in [1.82, 2.24) is 24.6 Å². The first-order chi connectivity index (χ1) is 16.4. The number of rotatable bonds is 7. The van der Waals surface area contributed by atoms with Gasteiger partial charge in [-0.3, -0.25) is 19.0 Å². The van der Waals surface area contributed by atoms with Crippen LogP contribution in [0.1, 0.15) is 0 Å². The molecule has 34 heavy (non-hydrogen) atoms. The van der Waals surface area contributed by atoms with Gasteiger partial charge in [0.1, 0.15) is 12.4 Å². The van der Waals surface area contributed by atoms with Crippen LogP contribution in [-0.4, -0.2) is 31.8 Å². The molecule has 1 amide bonds. The minimum absolute atomic E-state index is 0.127. The number of benzene rings is 2. The van der Waals surface area contributed by atoms with E-state index in [0.717, 1.165) is 5.56 Å². The van der Waals surface area contributed by atoms with Crippen LogP contribution >= 0.6 is 11.6 Å². The van der Waals surface area contributed by atoms with Crippen LogP contribution in [0, 0.1) is 5.82 Å². The highest BCUT2D eigenvalue weighted by molar-refractivity contribution is 6.30. The van der Waals surface area contributed by atoms with Crippen LogP contribution in [0.3, 0.4) is 0 Å². The first-order valence-corrected chi connectivity index (χ1v) is 10.7. The van der Waals surface area contributed by atoms with Gasteiger partial charge >= 0.3 is 0 Å². The summed E-state index contributed by atoms with van der Waals surface area (Å²) in [5.41, 5.74) is 1.67. The summed E-state index contributed by atoms with van der Waals surface area (Å²) in [6, 6.07) is 16.9. The molecule has 0 aliphatic rings. The minimum atomic E-state index is -0.411. The standard InChI is InChI=1S/C24H19ClFN5O3/c25-18-5-1-17(2-6-18)21-13-24(34)30(15-28-21)14-22(32)27-11-12-31-23(33)10-9-20(29-31)16-3-7-19(26)8-4-16/h1-10,13,15H,11-12,14H2,(H,27,32). The van der Waals surface area contributed by atoms with Crippen LogP contribution in [0.2, 0.25) is 5.02 Å². The molecule has 172 valence electrons. The SMILES string of the molecule is O=C(Cn1cnc(-c2ccc(Cl)cc2)cc1=O)NCCn1nc(-c2ccc(F)cc2)ccc1=O. The molecule has 0 bridgehead atoms. The molecule has 0 spiro atoms. The molecule has 0 aliphatic carbocycles. The maximum absolute atomic E-state index is 13.1. The van der Waals surface area contributed by atoms with Gasteiger partial charge in [0.2, 0.25) is 5.91 Å². The molecular formula is C24H19ClFN5O3. The van der Waals surface area contributed by atoms with E-state index in [1.165, 1.54) is 39.8 Å². The lowest BCUT2D eigenvalue weighted by atomic mass is 10.1. The molecule has 10 heteroatoms. The van der Waals surface area contributed by atoms with Gasteiger partial charge in [-0.15, -0.1) is 0 Å². The summed E-state index contributed by atoms with van der Waals surface area (Å²) in [7, 11) is 0. The van der Waals surface area contributed by atoms with Crippen LogP contribution in [-0.2, 0) is 17.9 Å². The molecule has 0 atom stereocenters. The Hall–Kier alpha value is -4.11. The van der Waals surface area contributed by atoms with Crippen molar-refractivity contribution < 1.29 is 9.18 Å². The molecule has 0 saturated carbocycles. The van der Waals surface area contributed by atoms with Gasteiger partial charge in [-0.05, 0) is 42.5 Å². The fraction of sp³-hybridized carbons (Fsp3) is 0.125. The maximum atomic E-state index is 13.1. The Balaban J connectivity index is 1.36. The van der Waals surface area contributed by atoms with Gasteiger partial charge in [0.15, 0.2) is 0 Å². The van der Waals surface area contributed by atoms with Crippen LogP contribution in [0.15, 0.2) is 82.6 Å². The van der Waals surface area contributed by atoms with Crippen molar-refractivity contribution in [3.8, 4) is 22.5 Å². The van der Waals surface area contributed by atoms with Crippen LogP contribution in [0.4, 0.5) is 4.39 Å². The summed E-state index contributed by atoms with van der Waals surface area (Å²) in [6.45, 7) is 0.0383. The summed E-state index contributed by atoms with van der Waals surface area (Å²) in [4.78, 5) is 41.0. The van der Waals surface area contributed by atoms with Gasteiger partial charge in [-0.2, -0.15) is 5.10 Å². The Morgan fingerprint density at radius 1 is 0.912 bits per heavy atom. The van der Waals surface area contributed by atoms with Crippen molar-refractivity contribution in [3.63, 3.8) is 0 Å². The van der Waals surface area contributed by atoms with Crippen molar-refractivity contribution in [3.05, 3.63) is 105 Å². The van der Waals surface area contributed by atoms with E-state index in [2.05, 4.69) is 15.4 Å². The number of hydrogen-bond donors (Lipinski definition) is 1. The number of carbonyl (C=O) groups is 1. The molecule has 2 heterocycles. The lowest BCUT2D eigenvalue weighted by molar-refractivity contribution is -0.121. The summed E-state index contributed by atoms with van der Waals surface area (Å²) < 4.78 is 15.5. The fourth-order valence-electron chi connectivity index (χ4n) is 3.22. The highest BCUT2D eigenvalue weighted by Gasteiger charge is 2.08. The number of nitrogens with zero attached hydrogens (tertiary/aromatic N) is 4. The van der Waals surface area contributed by atoms with E-state index < -0.39 is 5.91 Å². The zero-order valence-electron chi connectivity index (χ0n) is 17.8.